The average Bonchev–Trinajstić information content (AvgIpc) is 2.65. The standard InChI is InChI=1S/C22H38N4O5Si/c1-21(2,3)31-20(27)25-11-9-17(10-12-25)24-19-18(26(28)29)13-16(14-23-19)15-30-32(7,8)22(4,5)6/h13-14,17H,9-12,15H2,1-8H3,(H,23,24). The highest BCUT2D eigenvalue weighted by molar-refractivity contribution is 6.74. The van der Waals surface area contributed by atoms with Gasteiger partial charge in [0.1, 0.15) is 5.60 Å². The predicted molar refractivity (Wildman–Crippen MR) is 127 cm³/mol. The smallest absolute Gasteiger partial charge is 0.410 e. The van der Waals surface area contributed by atoms with E-state index in [0.717, 1.165) is 0 Å². The number of rotatable bonds is 6. The Hall–Kier alpha value is -2.20. The second kappa shape index (κ2) is 9.74. The Bertz CT molecular complexity index is 825. The van der Waals surface area contributed by atoms with Crippen molar-refractivity contribution in [3.63, 3.8) is 0 Å². The molecule has 1 saturated heterocycles. The number of nitrogens with one attached hydrogen (secondary N) is 1. The van der Waals surface area contributed by atoms with E-state index in [1.807, 2.05) is 20.8 Å². The third kappa shape index (κ3) is 7.16. The van der Waals surface area contributed by atoms with Crippen LogP contribution in [0.15, 0.2) is 12.3 Å². The van der Waals surface area contributed by atoms with Gasteiger partial charge >= 0.3 is 11.8 Å². The van der Waals surface area contributed by atoms with E-state index in [9.17, 15) is 14.9 Å². The fraction of sp³-hybridized carbons (Fsp3) is 0.727. The van der Waals surface area contributed by atoms with Crippen LogP contribution in [0.5, 0.6) is 0 Å². The largest absolute Gasteiger partial charge is 0.444 e. The fourth-order valence-corrected chi connectivity index (χ4v) is 3.99. The summed E-state index contributed by atoms with van der Waals surface area (Å²) in [5, 5.41) is 14.9. The maximum atomic E-state index is 12.2. The molecule has 1 amide bonds. The molecule has 1 N–H and O–H groups in total. The van der Waals surface area contributed by atoms with Crippen molar-refractivity contribution in [2.45, 2.75) is 90.8 Å². The van der Waals surface area contributed by atoms with Gasteiger partial charge < -0.3 is 19.4 Å². The monoisotopic (exact) mass is 466 g/mol. The number of hydrogen-bond acceptors (Lipinski definition) is 7. The van der Waals surface area contributed by atoms with Crippen LogP contribution < -0.4 is 5.32 Å². The topological polar surface area (TPSA) is 107 Å². The molecule has 9 nitrogen and oxygen atoms in total. The maximum Gasteiger partial charge on any atom is 0.410 e. The van der Waals surface area contributed by atoms with Gasteiger partial charge in [0, 0.05) is 37.0 Å². The van der Waals surface area contributed by atoms with Crippen LogP contribution >= 0.6 is 0 Å². The second-order valence-corrected chi connectivity index (χ2v) is 15.7. The van der Waals surface area contributed by atoms with Crippen molar-refractivity contribution in [3.05, 3.63) is 27.9 Å². The minimum absolute atomic E-state index is 0.00535. The summed E-state index contributed by atoms with van der Waals surface area (Å²) in [5.74, 6) is 0.252. The van der Waals surface area contributed by atoms with E-state index in [2.05, 4.69) is 44.2 Å². The van der Waals surface area contributed by atoms with Crippen molar-refractivity contribution in [1.29, 1.82) is 0 Å². The summed E-state index contributed by atoms with van der Waals surface area (Å²) in [7, 11) is -1.97. The molecule has 32 heavy (non-hydrogen) atoms. The summed E-state index contributed by atoms with van der Waals surface area (Å²) in [6.45, 7) is 17.6. The second-order valence-electron chi connectivity index (χ2n) is 10.9. The zero-order chi connectivity index (χ0) is 24.3. The van der Waals surface area contributed by atoms with Crippen molar-refractivity contribution >= 4 is 25.9 Å². The van der Waals surface area contributed by atoms with Crippen LogP contribution in [0.1, 0.15) is 59.9 Å². The Balaban J connectivity index is 2.01. The first-order chi connectivity index (χ1) is 14.6. The van der Waals surface area contributed by atoms with E-state index in [1.165, 1.54) is 6.07 Å². The lowest BCUT2D eigenvalue weighted by Crippen LogP contribution is -2.44. The number of nitro groups is 1. The van der Waals surface area contributed by atoms with Crippen LogP contribution in [0, 0.1) is 10.1 Å². The molecule has 0 atom stereocenters. The van der Waals surface area contributed by atoms with E-state index < -0.39 is 18.8 Å². The van der Waals surface area contributed by atoms with Gasteiger partial charge in [0.05, 0.1) is 11.5 Å². The number of aromatic nitrogens is 1. The number of nitrogens with zero attached hydrogens (tertiary/aromatic N) is 3. The lowest BCUT2D eigenvalue weighted by molar-refractivity contribution is -0.384. The minimum atomic E-state index is -1.97. The summed E-state index contributed by atoms with van der Waals surface area (Å²) in [5.41, 5.74) is 0.0926. The predicted octanol–water partition coefficient (Wildman–Crippen LogP) is 5.32. The zero-order valence-electron chi connectivity index (χ0n) is 20.7. The Morgan fingerprint density at radius 3 is 2.34 bits per heavy atom. The van der Waals surface area contributed by atoms with Gasteiger partial charge in [-0.1, -0.05) is 20.8 Å². The Morgan fingerprint density at radius 1 is 1.25 bits per heavy atom. The molecule has 0 spiro atoms. The molecule has 2 rings (SSSR count). The van der Waals surface area contributed by atoms with E-state index in [-0.39, 0.29) is 28.7 Å². The normalized spacial score (nSPS) is 16.1. The molecule has 0 saturated carbocycles. The average molecular weight is 467 g/mol. The van der Waals surface area contributed by atoms with Crippen LogP contribution in [0.2, 0.25) is 18.1 Å². The van der Waals surface area contributed by atoms with Crippen molar-refractivity contribution in [1.82, 2.24) is 9.88 Å². The number of likely N-dealkylation sites (tertiary alicyclic amines) is 1. The Morgan fingerprint density at radius 2 is 1.84 bits per heavy atom. The number of pyridine rings is 1. The molecular weight excluding hydrogens is 428 g/mol. The summed E-state index contributed by atoms with van der Waals surface area (Å²) >= 11 is 0. The highest BCUT2D eigenvalue weighted by Gasteiger charge is 2.37. The van der Waals surface area contributed by atoms with Crippen molar-refractivity contribution in [2.24, 2.45) is 0 Å². The third-order valence-corrected chi connectivity index (χ3v) is 10.5. The van der Waals surface area contributed by atoms with Crippen molar-refractivity contribution in [3.8, 4) is 0 Å². The molecular formula is C22H38N4O5Si. The molecule has 0 aliphatic carbocycles. The minimum Gasteiger partial charge on any atom is -0.444 e. The number of piperidine rings is 1. The van der Waals surface area contributed by atoms with Gasteiger partial charge in [-0.3, -0.25) is 10.1 Å². The van der Waals surface area contributed by atoms with Crippen LogP contribution in [0.4, 0.5) is 16.3 Å². The molecule has 1 aromatic heterocycles. The first kappa shape index (κ1) is 26.1. The van der Waals surface area contributed by atoms with Crippen molar-refractivity contribution in [2.75, 3.05) is 18.4 Å². The summed E-state index contributed by atoms with van der Waals surface area (Å²) in [6, 6.07) is 1.53. The number of anilines is 1. The molecule has 10 heteroatoms. The lowest BCUT2D eigenvalue weighted by atomic mass is 10.1. The quantitative estimate of drug-likeness (QED) is 0.343. The van der Waals surface area contributed by atoms with Crippen LogP contribution in [0.3, 0.4) is 0 Å². The number of hydrogen-bond donors (Lipinski definition) is 1. The number of carbonyl (C=O) groups is 1. The van der Waals surface area contributed by atoms with E-state index in [1.54, 1.807) is 11.1 Å². The molecule has 0 aromatic carbocycles. The Kier molecular flexibility index (Phi) is 7.93. The van der Waals surface area contributed by atoms with Gasteiger partial charge in [-0.15, -0.1) is 0 Å². The molecule has 1 aliphatic heterocycles. The highest BCUT2D eigenvalue weighted by atomic mass is 28.4. The molecule has 1 fully saturated rings. The molecule has 2 heterocycles. The summed E-state index contributed by atoms with van der Waals surface area (Å²) in [6.07, 6.45) is 2.63. The maximum absolute atomic E-state index is 12.2. The third-order valence-electron chi connectivity index (χ3n) is 6.01. The Labute approximate surface area is 192 Å². The van der Waals surface area contributed by atoms with E-state index in [4.69, 9.17) is 9.16 Å². The number of amides is 1. The number of ether oxygens (including phenoxy) is 1. The summed E-state index contributed by atoms with van der Waals surface area (Å²) in [4.78, 5) is 29.5. The van der Waals surface area contributed by atoms with E-state index in [0.29, 0.717) is 38.1 Å². The molecule has 0 unspecified atom stereocenters. The molecule has 0 radical (unpaired) electrons. The van der Waals surface area contributed by atoms with Gasteiger partial charge in [-0.2, -0.15) is 0 Å². The molecule has 180 valence electrons. The van der Waals surface area contributed by atoms with Crippen LogP contribution in [0.25, 0.3) is 0 Å². The molecule has 1 aliphatic rings. The zero-order valence-corrected chi connectivity index (χ0v) is 21.7. The first-order valence-electron chi connectivity index (χ1n) is 11.1. The fourth-order valence-electron chi connectivity index (χ4n) is 3.03. The van der Waals surface area contributed by atoms with Crippen LogP contribution in [-0.2, 0) is 15.8 Å². The van der Waals surface area contributed by atoms with E-state index >= 15 is 0 Å². The first-order valence-corrected chi connectivity index (χ1v) is 14.0. The number of carbonyl (C=O) groups excluding carboxylic acids is 1. The summed E-state index contributed by atoms with van der Waals surface area (Å²) < 4.78 is 11.6. The van der Waals surface area contributed by atoms with Gasteiger partial charge in [-0.25, -0.2) is 9.78 Å². The van der Waals surface area contributed by atoms with Crippen molar-refractivity contribution < 1.29 is 18.9 Å². The lowest BCUT2D eigenvalue weighted by Gasteiger charge is -2.36. The molecule has 0 bridgehead atoms. The van der Waals surface area contributed by atoms with Gasteiger partial charge in [0.25, 0.3) is 0 Å². The van der Waals surface area contributed by atoms with Gasteiger partial charge in [0.2, 0.25) is 5.82 Å². The highest BCUT2D eigenvalue weighted by Crippen LogP contribution is 2.37. The van der Waals surface area contributed by atoms with Crippen LogP contribution in [-0.4, -0.2) is 54.0 Å². The molecule has 1 aromatic rings. The van der Waals surface area contributed by atoms with Gasteiger partial charge in [0.15, 0.2) is 8.32 Å². The van der Waals surface area contributed by atoms with Gasteiger partial charge in [-0.05, 0) is 51.7 Å². The SMILES string of the molecule is CC(C)(C)OC(=O)N1CCC(Nc2ncc(CO[Si](C)(C)C(C)(C)C)cc2[N+](=O)[O-])CC1.